The number of benzene rings is 1. The number of nitrogens with zero attached hydrogens (tertiary/aromatic N) is 4. The van der Waals surface area contributed by atoms with E-state index in [0.29, 0.717) is 16.3 Å². The van der Waals surface area contributed by atoms with E-state index < -0.39 is 10.2 Å². The van der Waals surface area contributed by atoms with Crippen molar-refractivity contribution in [3.8, 4) is 10.6 Å². The van der Waals surface area contributed by atoms with Crippen LogP contribution in [0.25, 0.3) is 10.6 Å². The van der Waals surface area contributed by atoms with Gasteiger partial charge in [0.25, 0.3) is 0 Å². The van der Waals surface area contributed by atoms with Crippen LogP contribution in [0.3, 0.4) is 0 Å². The second kappa shape index (κ2) is 8.26. The minimum absolute atomic E-state index is 0.544. The maximum Gasteiger partial charge on any atom is 0.321 e. The van der Waals surface area contributed by atoms with Gasteiger partial charge in [0, 0.05) is 43.5 Å². The molecule has 9 heteroatoms. The van der Waals surface area contributed by atoms with Gasteiger partial charge in [0.05, 0.1) is 16.8 Å². The number of hydrogen-bond acceptors (Lipinski definition) is 5. The van der Waals surface area contributed by atoms with E-state index in [1.807, 2.05) is 36.4 Å². The maximum absolute atomic E-state index is 12.0. The van der Waals surface area contributed by atoms with E-state index in [2.05, 4.69) is 9.38 Å². The first-order chi connectivity index (χ1) is 12.8. The molecule has 0 spiro atoms. The summed E-state index contributed by atoms with van der Waals surface area (Å²) in [6, 6.07) is 11.2. The average molecular weight is 421 g/mol. The van der Waals surface area contributed by atoms with Crippen LogP contribution in [-0.2, 0) is 16.6 Å². The smallest absolute Gasteiger partial charge is 0.265 e. The van der Waals surface area contributed by atoms with Crippen LogP contribution in [0.1, 0.15) is 16.1 Å². The summed E-state index contributed by atoms with van der Waals surface area (Å²) in [6.45, 7) is 0. The highest BCUT2D eigenvalue weighted by atomic mass is 35.5. The lowest BCUT2D eigenvalue weighted by Crippen LogP contribution is -2.19. The van der Waals surface area contributed by atoms with Crippen molar-refractivity contribution in [1.82, 2.24) is 14.3 Å². The third-order valence-corrected chi connectivity index (χ3v) is 6.33. The fourth-order valence-electron chi connectivity index (χ4n) is 2.21. The summed E-state index contributed by atoms with van der Waals surface area (Å²) < 4.78 is 28.8. The largest absolute Gasteiger partial charge is 0.321 e. The molecule has 0 atom stereocenters. The van der Waals surface area contributed by atoms with Gasteiger partial charge in [0.15, 0.2) is 0 Å². The van der Waals surface area contributed by atoms with Gasteiger partial charge in [-0.3, -0.25) is 4.98 Å². The normalized spacial score (nSPS) is 12.1. The SMILES string of the molecule is CN(C)S(=O)(=O)/N=C/c1sc(-c2ccncc2)nc1Cc1ccc(Cl)cc1. The lowest BCUT2D eigenvalue weighted by atomic mass is 10.1. The van der Waals surface area contributed by atoms with Crippen LogP contribution in [0.15, 0.2) is 53.2 Å². The van der Waals surface area contributed by atoms with Crippen LogP contribution >= 0.6 is 22.9 Å². The molecule has 0 aliphatic carbocycles. The van der Waals surface area contributed by atoms with Crippen LogP contribution in [0, 0.1) is 0 Å². The van der Waals surface area contributed by atoms with E-state index in [4.69, 9.17) is 16.6 Å². The summed E-state index contributed by atoms with van der Waals surface area (Å²) in [5.41, 5.74) is 2.70. The van der Waals surface area contributed by atoms with Crippen LogP contribution in [0.5, 0.6) is 0 Å². The van der Waals surface area contributed by atoms with E-state index in [-0.39, 0.29) is 0 Å². The molecule has 140 valence electrons. The first-order valence-electron chi connectivity index (χ1n) is 7.97. The molecule has 0 unspecified atom stereocenters. The zero-order chi connectivity index (χ0) is 19.4. The Labute approximate surface area is 167 Å². The molecule has 0 saturated heterocycles. The average Bonchev–Trinajstić information content (AvgIpc) is 3.05. The van der Waals surface area contributed by atoms with E-state index >= 15 is 0 Å². The summed E-state index contributed by atoms with van der Waals surface area (Å²) in [6.07, 6.45) is 5.30. The molecule has 0 aliphatic rings. The van der Waals surface area contributed by atoms with Crippen LogP contribution in [0.4, 0.5) is 0 Å². The third kappa shape index (κ3) is 4.98. The molecular weight excluding hydrogens is 404 g/mol. The molecular formula is C18H17ClN4O2S2. The fourth-order valence-corrected chi connectivity index (χ4v) is 3.79. The number of aromatic nitrogens is 2. The summed E-state index contributed by atoms with van der Waals surface area (Å²) in [4.78, 5) is 9.42. The summed E-state index contributed by atoms with van der Waals surface area (Å²) >= 11 is 7.34. The minimum Gasteiger partial charge on any atom is -0.265 e. The Morgan fingerprint density at radius 2 is 1.81 bits per heavy atom. The lowest BCUT2D eigenvalue weighted by molar-refractivity contribution is 0.523. The zero-order valence-electron chi connectivity index (χ0n) is 14.7. The molecule has 1 aromatic carbocycles. The van der Waals surface area contributed by atoms with E-state index in [0.717, 1.165) is 26.1 Å². The van der Waals surface area contributed by atoms with Crippen molar-refractivity contribution in [2.45, 2.75) is 6.42 Å². The van der Waals surface area contributed by atoms with Crippen molar-refractivity contribution >= 4 is 39.4 Å². The Hall–Kier alpha value is -2.13. The van der Waals surface area contributed by atoms with Gasteiger partial charge in [-0.1, -0.05) is 23.7 Å². The minimum atomic E-state index is -3.69. The van der Waals surface area contributed by atoms with E-state index in [1.54, 1.807) is 12.4 Å². The standard InChI is InChI=1S/C18H17ClN4O2S2/c1-23(2)27(24,25)21-12-17-16(11-13-3-5-15(19)6-4-13)22-18(26-17)14-7-9-20-10-8-14/h3-10,12H,11H2,1-2H3/b21-12+. The molecule has 27 heavy (non-hydrogen) atoms. The predicted molar refractivity (Wildman–Crippen MR) is 110 cm³/mol. The quantitative estimate of drug-likeness (QED) is 0.570. The molecule has 0 fully saturated rings. The molecule has 0 N–H and O–H groups in total. The Bertz CT molecular complexity index is 1050. The summed E-state index contributed by atoms with van der Waals surface area (Å²) in [5, 5.41) is 1.44. The molecule has 0 radical (unpaired) electrons. The topological polar surface area (TPSA) is 75.5 Å². The summed E-state index contributed by atoms with van der Waals surface area (Å²) in [5.74, 6) is 0. The Kier molecular flexibility index (Phi) is 6.01. The van der Waals surface area contributed by atoms with Crippen molar-refractivity contribution in [2.75, 3.05) is 14.1 Å². The van der Waals surface area contributed by atoms with Crippen LogP contribution in [0.2, 0.25) is 5.02 Å². The van der Waals surface area contributed by atoms with Crippen LogP contribution in [-0.4, -0.2) is 43.0 Å². The Balaban J connectivity index is 2.00. The van der Waals surface area contributed by atoms with Gasteiger partial charge >= 0.3 is 10.2 Å². The first kappa shape index (κ1) is 19.6. The number of thiazole rings is 1. The second-order valence-electron chi connectivity index (χ2n) is 5.86. The monoisotopic (exact) mass is 420 g/mol. The highest BCUT2D eigenvalue weighted by Crippen LogP contribution is 2.28. The van der Waals surface area contributed by atoms with Crippen molar-refractivity contribution in [2.24, 2.45) is 4.40 Å². The highest BCUT2D eigenvalue weighted by molar-refractivity contribution is 7.87. The Morgan fingerprint density at radius 3 is 2.44 bits per heavy atom. The molecule has 2 aromatic heterocycles. The predicted octanol–water partition coefficient (Wildman–Crippen LogP) is 3.67. The van der Waals surface area contributed by atoms with Gasteiger partial charge in [-0.2, -0.15) is 17.1 Å². The summed E-state index contributed by atoms with van der Waals surface area (Å²) in [7, 11) is -0.811. The highest BCUT2D eigenvalue weighted by Gasteiger charge is 2.15. The van der Waals surface area contributed by atoms with E-state index in [9.17, 15) is 8.42 Å². The van der Waals surface area contributed by atoms with Gasteiger partial charge in [-0.05, 0) is 29.8 Å². The molecule has 3 aromatic rings. The van der Waals surface area contributed by atoms with Crippen molar-refractivity contribution in [3.05, 3.63) is 69.9 Å². The molecule has 3 rings (SSSR count). The molecule has 6 nitrogen and oxygen atoms in total. The molecule has 0 aliphatic heterocycles. The number of pyridine rings is 1. The van der Waals surface area contributed by atoms with E-state index in [1.165, 1.54) is 31.6 Å². The molecule has 0 bridgehead atoms. The lowest BCUT2D eigenvalue weighted by Gasteiger charge is -2.05. The van der Waals surface area contributed by atoms with Crippen molar-refractivity contribution < 1.29 is 8.42 Å². The van der Waals surface area contributed by atoms with Crippen molar-refractivity contribution in [1.29, 1.82) is 0 Å². The molecule has 2 heterocycles. The number of rotatable bonds is 6. The Morgan fingerprint density at radius 1 is 1.15 bits per heavy atom. The molecule has 0 saturated carbocycles. The number of hydrogen-bond donors (Lipinski definition) is 0. The first-order valence-corrected chi connectivity index (χ1v) is 10.6. The zero-order valence-corrected chi connectivity index (χ0v) is 17.1. The van der Waals surface area contributed by atoms with Gasteiger partial charge < -0.3 is 0 Å². The number of halogens is 1. The van der Waals surface area contributed by atoms with Gasteiger partial charge in [-0.15, -0.1) is 11.3 Å². The van der Waals surface area contributed by atoms with Gasteiger partial charge in [0.1, 0.15) is 5.01 Å². The second-order valence-corrected chi connectivity index (χ2v) is 9.17. The third-order valence-electron chi connectivity index (χ3n) is 3.70. The van der Waals surface area contributed by atoms with Gasteiger partial charge in [-0.25, -0.2) is 4.98 Å². The van der Waals surface area contributed by atoms with Gasteiger partial charge in [0.2, 0.25) is 0 Å². The maximum atomic E-state index is 12.0. The van der Waals surface area contributed by atoms with Crippen molar-refractivity contribution in [3.63, 3.8) is 0 Å². The fraction of sp³-hybridized carbons (Fsp3) is 0.167. The van der Waals surface area contributed by atoms with Crippen LogP contribution < -0.4 is 0 Å². The molecule has 0 amide bonds.